The number of hydrazone groups is 1. The number of rotatable bonds is 7. The zero-order chi connectivity index (χ0) is 20.0. The lowest BCUT2D eigenvalue weighted by atomic mass is 10.2. The van der Waals surface area contributed by atoms with Crippen molar-refractivity contribution in [3.05, 3.63) is 67.8 Å². The van der Waals surface area contributed by atoms with E-state index in [1.807, 2.05) is 0 Å². The van der Waals surface area contributed by atoms with Crippen LogP contribution in [0.5, 0.6) is 11.5 Å². The third-order valence-electron chi connectivity index (χ3n) is 3.27. The number of phenolic OH excluding ortho intramolecular Hbond substituents is 1. The van der Waals surface area contributed by atoms with Crippen LogP contribution in [0.2, 0.25) is 0 Å². The van der Waals surface area contributed by atoms with E-state index in [1.54, 1.807) is 13.0 Å². The Morgan fingerprint density at radius 1 is 1.19 bits per heavy atom. The smallest absolute Gasteiger partial charge is 0.311 e. The van der Waals surface area contributed by atoms with Gasteiger partial charge in [-0.1, -0.05) is 6.07 Å². The molecule has 11 heteroatoms. The number of hydrogen-bond acceptors (Lipinski definition) is 8. The van der Waals surface area contributed by atoms with Crippen molar-refractivity contribution in [2.24, 2.45) is 5.10 Å². The van der Waals surface area contributed by atoms with Gasteiger partial charge in [0.2, 0.25) is 0 Å². The molecule has 0 aliphatic carbocycles. The van der Waals surface area contributed by atoms with E-state index in [4.69, 9.17) is 4.74 Å². The van der Waals surface area contributed by atoms with Gasteiger partial charge in [0.15, 0.2) is 18.1 Å². The number of phenols is 1. The molecular weight excluding hydrogens is 360 g/mol. The van der Waals surface area contributed by atoms with Crippen LogP contribution in [0.15, 0.2) is 41.5 Å². The van der Waals surface area contributed by atoms with Crippen molar-refractivity contribution >= 4 is 23.5 Å². The van der Waals surface area contributed by atoms with Crippen LogP contribution in [0.4, 0.5) is 11.4 Å². The molecule has 11 nitrogen and oxygen atoms in total. The Hall–Kier alpha value is -4.02. The summed E-state index contributed by atoms with van der Waals surface area (Å²) in [6, 6.07) is 7.89. The second-order valence-corrected chi connectivity index (χ2v) is 5.32. The minimum absolute atomic E-state index is 0.0566. The molecule has 0 aliphatic rings. The average molecular weight is 374 g/mol. The number of aromatic hydroxyl groups is 1. The molecule has 0 spiro atoms. The third kappa shape index (κ3) is 5.22. The first-order chi connectivity index (χ1) is 12.8. The lowest BCUT2D eigenvalue weighted by molar-refractivity contribution is -0.386. The second-order valence-electron chi connectivity index (χ2n) is 5.32. The van der Waals surface area contributed by atoms with Gasteiger partial charge in [0.25, 0.3) is 5.91 Å². The van der Waals surface area contributed by atoms with Crippen molar-refractivity contribution in [2.45, 2.75) is 6.92 Å². The molecule has 2 aromatic rings. The van der Waals surface area contributed by atoms with Gasteiger partial charge in [0.05, 0.1) is 16.1 Å². The molecule has 0 heterocycles. The standard InChI is InChI=1S/C16H14N4O7/c1-10-2-5-15(13(6-10)20(25)26)27-9-16(22)18-17-8-11-3-4-14(21)12(7-11)19(23)24/h2-8,21H,9H2,1H3,(H,18,22). The largest absolute Gasteiger partial charge is 0.502 e. The summed E-state index contributed by atoms with van der Waals surface area (Å²) >= 11 is 0. The lowest BCUT2D eigenvalue weighted by Gasteiger charge is -2.06. The molecule has 0 saturated carbocycles. The minimum atomic E-state index is -0.756. The van der Waals surface area contributed by atoms with Crippen LogP contribution in [0.25, 0.3) is 0 Å². The van der Waals surface area contributed by atoms with Gasteiger partial charge >= 0.3 is 11.4 Å². The van der Waals surface area contributed by atoms with E-state index in [-0.39, 0.29) is 17.0 Å². The lowest BCUT2D eigenvalue weighted by Crippen LogP contribution is -2.24. The molecule has 0 atom stereocenters. The monoisotopic (exact) mass is 374 g/mol. The Balaban J connectivity index is 1.96. The number of benzene rings is 2. The van der Waals surface area contributed by atoms with Gasteiger partial charge in [-0.3, -0.25) is 25.0 Å². The zero-order valence-electron chi connectivity index (χ0n) is 14.0. The molecule has 0 bridgehead atoms. The van der Waals surface area contributed by atoms with Crippen LogP contribution in [0, 0.1) is 27.2 Å². The minimum Gasteiger partial charge on any atom is -0.502 e. The predicted molar refractivity (Wildman–Crippen MR) is 93.8 cm³/mol. The zero-order valence-corrected chi connectivity index (χ0v) is 14.0. The molecule has 2 N–H and O–H groups in total. The van der Waals surface area contributed by atoms with E-state index in [0.717, 1.165) is 18.3 Å². The summed E-state index contributed by atoms with van der Waals surface area (Å²) in [5.41, 5.74) is 2.31. The molecule has 0 radical (unpaired) electrons. The molecule has 27 heavy (non-hydrogen) atoms. The van der Waals surface area contributed by atoms with E-state index in [2.05, 4.69) is 10.5 Å². The number of nitrogens with zero attached hydrogens (tertiary/aromatic N) is 3. The van der Waals surface area contributed by atoms with Gasteiger partial charge in [0, 0.05) is 17.7 Å². The van der Waals surface area contributed by atoms with Crippen molar-refractivity contribution in [3.8, 4) is 11.5 Å². The first kappa shape index (κ1) is 19.3. The Bertz CT molecular complexity index is 927. The maximum Gasteiger partial charge on any atom is 0.311 e. The fourth-order valence-electron chi connectivity index (χ4n) is 2.01. The summed E-state index contributed by atoms with van der Waals surface area (Å²) < 4.78 is 5.13. The first-order valence-electron chi connectivity index (χ1n) is 7.45. The number of hydrogen-bond donors (Lipinski definition) is 2. The van der Waals surface area contributed by atoms with E-state index in [0.29, 0.717) is 5.56 Å². The highest BCUT2D eigenvalue weighted by Gasteiger charge is 2.16. The second kappa shape index (κ2) is 8.38. The Morgan fingerprint density at radius 3 is 2.56 bits per heavy atom. The highest BCUT2D eigenvalue weighted by Crippen LogP contribution is 2.27. The molecule has 0 aliphatic heterocycles. The maximum atomic E-state index is 11.7. The number of nitro groups is 2. The SMILES string of the molecule is Cc1ccc(OCC(=O)NN=Cc2ccc(O)c([N+](=O)[O-])c2)c([N+](=O)[O-])c1. The number of ether oxygens (including phenoxy) is 1. The van der Waals surface area contributed by atoms with Crippen molar-refractivity contribution in [1.29, 1.82) is 0 Å². The average Bonchev–Trinajstić information content (AvgIpc) is 2.61. The fraction of sp³-hybridized carbons (Fsp3) is 0.125. The normalized spacial score (nSPS) is 10.6. The van der Waals surface area contributed by atoms with E-state index >= 15 is 0 Å². The van der Waals surface area contributed by atoms with Crippen LogP contribution in [-0.4, -0.2) is 33.7 Å². The van der Waals surface area contributed by atoms with E-state index < -0.39 is 33.8 Å². The predicted octanol–water partition coefficient (Wildman–Crippen LogP) is 2.05. The molecule has 1 amide bonds. The van der Waals surface area contributed by atoms with Crippen molar-refractivity contribution in [3.63, 3.8) is 0 Å². The van der Waals surface area contributed by atoms with Crippen molar-refractivity contribution in [1.82, 2.24) is 5.43 Å². The van der Waals surface area contributed by atoms with E-state index in [9.17, 15) is 30.1 Å². The van der Waals surface area contributed by atoms with Gasteiger partial charge in [-0.05, 0) is 30.7 Å². The highest BCUT2D eigenvalue weighted by atomic mass is 16.6. The summed E-state index contributed by atoms with van der Waals surface area (Å²) in [6.45, 7) is 1.17. The molecular formula is C16H14N4O7. The van der Waals surface area contributed by atoms with E-state index in [1.165, 1.54) is 18.2 Å². The van der Waals surface area contributed by atoms with Gasteiger partial charge in [-0.15, -0.1) is 0 Å². The number of nitro benzene ring substituents is 2. The topological polar surface area (TPSA) is 157 Å². The first-order valence-corrected chi connectivity index (χ1v) is 7.45. The summed E-state index contributed by atoms with van der Waals surface area (Å²) in [6.07, 6.45) is 1.14. The molecule has 2 aromatic carbocycles. The number of carbonyl (C=O) groups is 1. The molecule has 0 unspecified atom stereocenters. The van der Waals surface area contributed by atoms with Crippen LogP contribution >= 0.6 is 0 Å². The number of amides is 1. The van der Waals surface area contributed by atoms with Crippen LogP contribution in [-0.2, 0) is 4.79 Å². The third-order valence-corrected chi connectivity index (χ3v) is 3.27. The van der Waals surface area contributed by atoms with Gasteiger partial charge < -0.3 is 9.84 Å². The summed E-state index contributed by atoms with van der Waals surface area (Å²) in [5, 5.41) is 34.7. The quantitative estimate of drug-likeness (QED) is 0.426. The highest BCUT2D eigenvalue weighted by molar-refractivity contribution is 5.84. The van der Waals surface area contributed by atoms with Crippen LogP contribution in [0.3, 0.4) is 0 Å². The van der Waals surface area contributed by atoms with Crippen molar-refractivity contribution in [2.75, 3.05) is 6.61 Å². The van der Waals surface area contributed by atoms with Crippen LogP contribution in [0.1, 0.15) is 11.1 Å². The number of aryl methyl sites for hydroxylation is 1. The fourth-order valence-corrected chi connectivity index (χ4v) is 2.01. The van der Waals surface area contributed by atoms with Crippen LogP contribution < -0.4 is 10.2 Å². The Labute approximate surface area is 152 Å². The molecule has 0 saturated heterocycles. The molecule has 140 valence electrons. The van der Waals surface area contributed by atoms with Gasteiger partial charge in [-0.2, -0.15) is 5.10 Å². The van der Waals surface area contributed by atoms with Crippen molar-refractivity contribution < 1.29 is 24.5 Å². The molecule has 0 aromatic heterocycles. The summed E-state index contributed by atoms with van der Waals surface area (Å²) in [4.78, 5) is 32.1. The molecule has 2 rings (SSSR count). The Morgan fingerprint density at radius 2 is 1.89 bits per heavy atom. The maximum absolute atomic E-state index is 11.7. The molecule has 0 fully saturated rings. The van der Waals surface area contributed by atoms with Gasteiger partial charge in [0.1, 0.15) is 0 Å². The number of nitrogens with one attached hydrogen (secondary N) is 1. The summed E-state index contributed by atoms with van der Waals surface area (Å²) in [7, 11) is 0. The number of carbonyl (C=O) groups excluding carboxylic acids is 1. The van der Waals surface area contributed by atoms with Gasteiger partial charge in [-0.25, -0.2) is 5.43 Å². The Kier molecular flexibility index (Phi) is 5.99. The summed E-state index contributed by atoms with van der Waals surface area (Å²) in [5.74, 6) is -1.23.